The van der Waals surface area contributed by atoms with Gasteiger partial charge in [-0.05, 0) is 13.3 Å². The molecule has 0 aromatic carbocycles. The minimum absolute atomic E-state index is 0.00326. The predicted octanol–water partition coefficient (Wildman–Crippen LogP) is 1.48. The van der Waals surface area contributed by atoms with Gasteiger partial charge in [0.1, 0.15) is 5.38 Å². The van der Waals surface area contributed by atoms with Gasteiger partial charge in [-0.15, -0.1) is 11.6 Å². The van der Waals surface area contributed by atoms with Gasteiger partial charge in [-0.25, -0.2) is 0 Å². The van der Waals surface area contributed by atoms with E-state index < -0.39 is 5.38 Å². The Balaban J connectivity index is 3.71. The van der Waals surface area contributed by atoms with Gasteiger partial charge in [0.05, 0.1) is 0 Å². The monoisotopic (exact) mass is 163 g/mol. The van der Waals surface area contributed by atoms with Crippen LogP contribution in [-0.4, -0.2) is 29.8 Å². The van der Waals surface area contributed by atoms with E-state index in [0.717, 1.165) is 13.0 Å². The van der Waals surface area contributed by atoms with Gasteiger partial charge in [-0.1, -0.05) is 6.92 Å². The molecule has 0 aliphatic rings. The maximum Gasteiger partial charge on any atom is 0.240 e. The van der Waals surface area contributed by atoms with Gasteiger partial charge in [0.25, 0.3) is 0 Å². The molecule has 1 amide bonds. The van der Waals surface area contributed by atoms with E-state index in [4.69, 9.17) is 11.6 Å². The number of nitrogens with zero attached hydrogens (tertiary/aromatic N) is 1. The summed E-state index contributed by atoms with van der Waals surface area (Å²) in [7, 11) is 1.77. The van der Waals surface area contributed by atoms with Crippen LogP contribution in [0, 0.1) is 0 Å². The van der Waals surface area contributed by atoms with E-state index >= 15 is 0 Å². The summed E-state index contributed by atoms with van der Waals surface area (Å²) in [5.74, 6) is 0.00326. The van der Waals surface area contributed by atoms with Crippen LogP contribution in [0.4, 0.5) is 0 Å². The van der Waals surface area contributed by atoms with Crippen LogP contribution in [-0.2, 0) is 4.79 Å². The molecule has 0 saturated heterocycles. The Morgan fingerprint density at radius 1 is 1.70 bits per heavy atom. The molecule has 0 rings (SSSR count). The van der Waals surface area contributed by atoms with Gasteiger partial charge >= 0.3 is 0 Å². The molecular formula is C7H14ClNO. The first kappa shape index (κ1) is 9.76. The van der Waals surface area contributed by atoms with Gasteiger partial charge in [-0.3, -0.25) is 4.79 Å². The van der Waals surface area contributed by atoms with E-state index in [-0.39, 0.29) is 5.91 Å². The maximum absolute atomic E-state index is 11.0. The zero-order valence-corrected chi connectivity index (χ0v) is 7.48. The first-order valence-electron chi connectivity index (χ1n) is 3.48. The molecule has 1 atom stereocenters. The Kier molecular flexibility index (Phi) is 4.45. The zero-order chi connectivity index (χ0) is 8.15. The number of halogens is 1. The van der Waals surface area contributed by atoms with Crippen molar-refractivity contribution in [2.45, 2.75) is 25.6 Å². The fraction of sp³-hybridized carbons (Fsp3) is 0.857. The number of hydrogen-bond acceptors (Lipinski definition) is 1. The fourth-order valence-electron chi connectivity index (χ4n) is 0.749. The lowest BCUT2D eigenvalue weighted by atomic mass is 10.3. The molecule has 10 heavy (non-hydrogen) atoms. The molecule has 1 unspecified atom stereocenters. The number of alkyl halides is 1. The lowest BCUT2D eigenvalue weighted by molar-refractivity contribution is -0.129. The Labute approximate surface area is 67.2 Å². The van der Waals surface area contributed by atoms with Crippen LogP contribution in [0.5, 0.6) is 0 Å². The van der Waals surface area contributed by atoms with E-state index in [0.29, 0.717) is 0 Å². The molecule has 0 radical (unpaired) electrons. The van der Waals surface area contributed by atoms with Crippen LogP contribution in [0.3, 0.4) is 0 Å². The summed E-state index contributed by atoms with van der Waals surface area (Å²) in [6.07, 6.45) is 0.978. The number of rotatable bonds is 3. The second kappa shape index (κ2) is 4.56. The molecule has 0 bridgehead atoms. The molecule has 0 fully saturated rings. The summed E-state index contributed by atoms with van der Waals surface area (Å²) in [6.45, 7) is 4.51. The molecule has 0 spiro atoms. The van der Waals surface area contributed by atoms with E-state index in [9.17, 15) is 4.79 Å². The van der Waals surface area contributed by atoms with Gasteiger partial charge in [-0.2, -0.15) is 0 Å². The Bertz CT molecular complexity index is 114. The van der Waals surface area contributed by atoms with E-state index in [1.54, 1.807) is 18.9 Å². The van der Waals surface area contributed by atoms with Gasteiger partial charge < -0.3 is 4.90 Å². The third-order valence-corrected chi connectivity index (χ3v) is 1.46. The lowest BCUT2D eigenvalue weighted by Crippen LogP contribution is -2.32. The third-order valence-electron chi connectivity index (χ3n) is 1.28. The number of hydrogen-bond donors (Lipinski definition) is 0. The maximum atomic E-state index is 11.0. The number of amides is 1. The largest absolute Gasteiger partial charge is 0.345 e. The molecule has 2 nitrogen and oxygen atoms in total. The summed E-state index contributed by atoms with van der Waals surface area (Å²) in [5.41, 5.74) is 0. The average molecular weight is 164 g/mol. The van der Waals surface area contributed by atoms with Crippen molar-refractivity contribution in [3.63, 3.8) is 0 Å². The number of carbonyl (C=O) groups is 1. The minimum atomic E-state index is -0.392. The first-order chi connectivity index (χ1) is 4.59. The van der Waals surface area contributed by atoms with Crippen molar-refractivity contribution in [1.82, 2.24) is 4.90 Å². The van der Waals surface area contributed by atoms with Crippen LogP contribution in [0.1, 0.15) is 20.3 Å². The highest BCUT2D eigenvalue weighted by molar-refractivity contribution is 6.30. The Morgan fingerprint density at radius 2 is 2.20 bits per heavy atom. The quantitative estimate of drug-likeness (QED) is 0.578. The van der Waals surface area contributed by atoms with Gasteiger partial charge in [0, 0.05) is 13.6 Å². The van der Waals surface area contributed by atoms with Crippen LogP contribution in [0.2, 0.25) is 0 Å². The summed E-state index contributed by atoms with van der Waals surface area (Å²) in [5, 5.41) is -0.392. The smallest absolute Gasteiger partial charge is 0.240 e. The lowest BCUT2D eigenvalue weighted by Gasteiger charge is -2.16. The topological polar surface area (TPSA) is 20.3 Å². The van der Waals surface area contributed by atoms with Crippen molar-refractivity contribution in [2.24, 2.45) is 0 Å². The predicted molar refractivity (Wildman–Crippen MR) is 43.2 cm³/mol. The Hall–Kier alpha value is -0.240. The van der Waals surface area contributed by atoms with Crippen molar-refractivity contribution in [3.05, 3.63) is 0 Å². The van der Waals surface area contributed by atoms with Crippen molar-refractivity contribution in [2.75, 3.05) is 13.6 Å². The normalized spacial score (nSPS) is 12.8. The van der Waals surface area contributed by atoms with E-state index in [1.165, 1.54) is 0 Å². The standard InChI is InChI=1S/C7H14ClNO/c1-4-5-9(3)7(10)6(2)8/h6H,4-5H2,1-3H3. The van der Waals surface area contributed by atoms with Crippen LogP contribution < -0.4 is 0 Å². The van der Waals surface area contributed by atoms with Gasteiger partial charge in [0.15, 0.2) is 0 Å². The molecule has 3 heteroatoms. The van der Waals surface area contributed by atoms with Crippen LogP contribution in [0.15, 0.2) is 0 Å². The van der Waals surface area contributed by atoms with Crippen LogP contribution in [0.25, 0.3) is 0 Å². The van der Waals surface area contributed by atoms with E-state index in [2.05, 4.69) is 0 Å². The Morgan fingerprint density at radius 3 is 2.50 bits per heavy atom. The summed E-state index contributed by atoms with van der Waals surface area (Å²) in [6, 6.07) is 0. The molecule has 0 N–H and O–H groups in total. The average Bonchev–Trinajstić information content (AvgIpc) is 1.87. The second-order valence-electron chi connectivity index (χ2n) is 2.38. The molecule has 0 aromatic rings. The summed E-state index contributed by atoms with van der Waals surface area (Å²) in [4.78, 5) is 12.7. The highest BCUT2D eigenvalue weighted by Crippen LogP contribution is 1.99. The highest BCUT2D eigenvalue weighted by Gasteiger charge is 2.12. The molecule has 60 valence electrons. The molecule has 0 aromatic heterocycles. The third kappa shape index (κ3) is 3.06. The molecule has 0 aliphatic heterocycles. The fourth-order valence-corrected chi connectivity index (χ4v) is 0.916. The van der Waals surface area contributed by atoms with E-state index in [1.807, 2.05) is 6.92 Å². The molecule has 0 heterocycles. The molecule has 0 aliphatic carbocycles. The first-order valence-corrected chi connectivity index (χ1v) is 3.92. The van der Waals surface area contributed by atoms with Crippen LogP contribution >= 0.6 is 11.6 Å². The number of carbonyl (C=O) groups excluding carboxylic acids is 1. The van der Waals surface area contributed by atoms with Crippen molar-refractivity contribution < 1.29 is 4.79 Å². The minimum Gasteiger partial charge on any atom is -0.345 e. The zero-order valence-electron chi connectivity index (χ0n) is 6.72. The molecule has 0 saturated carbocycles. The summed E-state index contributed by atoms with van der Waals surface area (Å²) >= 11 is 5.57. The SMILES string of the molecule is CCCN(C)C(=O)C(C)Cl. The van der Waals surface area contributed by atoms with Gasteiger partial charge in [0.2, 0.25) is 5.91 Å². The van der Waals surface area contributed by atoms with Crippen molar-refractivity contribution >= 4 is 17.5 Å². The molecular weight excluding hydrogens is 150 g/mol. The second-order valence-corrected chi connectivity index (χ2v) is 3.03. The highest BCUT2D eigenvalue weighted by atomic mass is 35.5. The van der Waals surface area contributed by atoms with Crippen molar-refractivity contribution in [1.29, 1.82) is 0 Å². The van der Waals surface area contributed by atoms with Crippen molar-refractivity contribution in [3.8, 4) is 0 Å². The summed E-state index contributed by atoms with van der Waals surface area (Å²) < 4.78 is 0.